The molecule has 4 nitrogen and oxygen atoms in total. The maximum absolute atomic E-state index is 13.9. The SMILES string of the molecule is COc1cc2c(c(OC)c1)C(c1ccc(-c3ccccc3)cc1)N(C(=O)c1cc(C(F)(F)F)cc(C(F)(F)F)c1)CC2. The van der Waals surface area contributed by atoms with E-state index in [0.717, 1.165) is 16.7 Å². The molecular weight excluding hydrogens is 560 g/mol. The molecule has 4 aromatic carbocycles. The molecule has 0 radical (unpaired) electrons. The number of fused-ring (bicyclic) bond motifs is 1. The number of rotatable bonds is 5. The monoisotopic (exact) mass is 585 g/mol. The van der Waals surface area contributed by atoms with E-state index in [2.05, 4.69) is 0 Å². The van der Waals surface area contributed by atoms with Crippen LogP contribution in [-0.2, 0) is 18.8 Å². The molecule has 5 rings (SSSR count). The topological polar surface area (TPSA) is 38.8 Å². The van der Waals surface area contributed by atoms with Gasteiger partial charge in [0.2, 0.25) is 0 Å². The molecular formula is C32H25F6NO3. The molecule has 0 N–H and O–H groups in total. The van der Waals surface area contributed by atoms with Crippen LogP contribution in [0, 0.1) is 0 Å². The van der Waals surface area contributed by atoms with Crippen molar-refractivity contribution in [3.63, 3.8) is 0 Å². The quantitative estimate of drug-likeness (QED) is 0.222. The van der Waals surface area contributed by atoms with Crippen molar-refractivity contribution in [2.24, 2.45) is 0 Å². The van der Waals surface area contributed by atoms with Gasteiger partial charge < -0.3 is 14.4 Å². The van der Waals surface area contributed by atoms with Crippen LogP contribution in [0.15, 0.2) is 84.9 Å². The predicted molar refractivity (Wildman–Crippen MR) is 144 cm³/mol. The van der Waals surface area contributed by atoms with Crippen molar-refractivity contribution in [3.05, 3.63) is 118 Å². The zero-order valence-electron chi connectivity index (χ0n) is 22.5. The Labute approximate surface area is 238 Å². The highest BCUT2D eigenvalue weighted by Crippen LogP contribution is 2.44. The Balaban J connectivity index is 1.66. The number of halogens is 6. The molecule has 0 spiro atoms. The van der Waals surface area contributed by atoms with Crippen LogP contribution >= 0.6 is 0 Å². The van der Waals surface area contributed by atoms with E-state index in [1.807, 2.05) is 42.5 Å². The zero-order chi connectivity index (χ0) is 30.2. The van der Waals surface area contributed by atoms with E-state index in [4.69, 9.17) is 9.47 Å². The van der Waals surface area contributed by atoms with E-state index < -0.39 is 41.0 Å². The van der Waals surface area contributed by atoms with Gasteiger partial charge >= 0.3 is 12.4 Å². The molecule has 0 aliphatic carbocycles. The Hall–Kier alpha value is -4.47. The summed E-state index contributed by atoms with van der Waals surface area (Å²) >= 11 is 0. The fourth-order valence-electron chi connectivity index (χ4n) is 5.28. The number of hydrogen-bond donors (Lipinski definition) is 0. The second-order valence-corrected chi connectivity index (χ2v) is 9.84. The second kappa shape index (κ2) is 11.1. The summed E-state index contributed by atoms with van der Waals surface area (Å²) < 4.78 is 92.7. The number of alkyl halides is 6. The first-order valence-corrected chi connectivity index (χ1v) is 12.9. The summed E-state index contributed by atoms with van der Waals surface area (Å²) in [6, 6.07) is 20.3. The molecule has 0 saturated heterocycles. The van der Waals surface area contributed by atoms with Gasteiger partial charge in [-0.05, 0) is 52.9 Å². The molecule has 1 aliphatic rings. The highest BCUT2D eigenvalue weighted by Gasteiger charge is 2.40. The van der Waals surface area contributed by atoms with Crippen LogP contribution in [0.3, 0.4) is 0 Å². The fourth-order valence-corrected chi connectivity index (χ4v) is 5.28. The molecule has 218 valence electrons. The van der Waals surface area contributed by atoms with Gasteiger partial charge in [-0.3, -0.25) is 4.79 Å². The lowest BCUT2D eigenvalue weighted by atomic mass is 9.86. The number of benzene rings is 4. The van der Waals surface area contributed by atoms with Gasteiger partial charge in [0, 0.05) is 23.7 Å². The van der Waals surface area contributed by atoms with Crippen LogP contribution in [0.2, 0.25) is 0 Å². The van der Waals surface area contributed by atoms with Crippen molar-refractivity contribution in [2.45, 2.75) is 24.8 Å². The van der Waals surface area contributed by atoms with Crippen LogP contribution in [0.1, 0.15) is 44.2 Å². The van der Waals surface area contributed by atoms with E-state index in [1.54, 1.807) is 24.3 Å². The van der Waals surface area contributed by atoms with E-state index in [-0.39, 0.29) is 19.0 Å². The van der Waals surface area contributed by atoms with Crippen LogP contribution < -0.4 is 9.47 Å². The molecule has 1 aliphatic heterocycles. The molecule has 4 aromatic rings. The summed E-state index contributed by atoms with van der Waals surface area (Å²) in [6.07, 6.45) is -9.90. The maximum Gasteiger partial charge on any atom is 0.416 e. The first kappa shape index (κ1) is 29.0. The van der Waals surface area contributed by atoms with Crippen LogP contribution in [0.4, 0.5) is 26.3 Å². The smallest absolute Gasteiger partial charge is 0.416 e. The number of ether oxygens (including phenoxy) is 2. The van der Waals surface area contributed by atoms with Gasteiger partial charge in [0.1, 0.15) is 11.5 Å². The summed E-state index contributed by atoms with van der Waals surface area (Å²) in [5.41, 5.74) is -0.00165. The Bertz CT molecular complexity index is 1550. The Morgan fingerprint density at radius 1 is 0.762 bits per heavy atom. The van der Waals surface area contributed by atoms with Gasteiger partial charge in [0.25, 0.3) is 5.91 Å². The van der Waals surface area contributed by atoms with Gasteiger partial charge in [0.05, 0.1) is 31.4 Å². The lowest BCUT2D eigenvalue weighted by Crippen LogP contribution is -2.41. The molecule has 0 aromatic heterocycles. The molecule has 1 heterocycles. The van der Waals surface area contributed by atoms with E-state index >= 15 is 0 Å². The molecule has 0 bridgehead atoms. The highest BCUT2D eigenvalue weighted by molar-refractivity contribution is 5.95. The third kappa shape index (κ3) is 5.66. The molecule has 42 heavy (non-hydrogen) atoms. The molecule has 10 heteroatoms. The largest absolute Gasteiger partial charge is 0.497 e. The summed E-state index contributed by atoms with van der Waals surface area (Å²) in [7, 11) is 2.93. The fraction of sp³-hybridized carbons (Fsp3) is 0.219. The molecule has 0 saturated carbocycles. The lowest BCUT2D eigenvalue weighted by molar-refractivity contribution is -0.143. The van der Waals surface area contributed by atoms with Gasteiger partial charge in [-0.25, -0.2) is 0 Å². The summed E-state index contributed by atoms with van der Waals surface area (Å²) in [6.45, 7) is 0.0326. The number of hydrogen-bond acceptors (Lipinski definition) is 3. The van der Waals surface area contributed by atoms with E-state index in [1.165, 1.54) is 19.1 Å². The standard InChI is InChI=1S/C32H25F6NO3/c1-41-26-16-22-12-13-39(30(40)23-14-24(31(33,34)35)17-25(15-23)32(36,37)38)29(28(22)27(18-26)42-2)21-10-8-20(9-11-21)19-6-4-3-5-7-19/h3-11,14-18,29H,12-13H2,1-2H3. The first-order chi connectivity index (χ1) is 19.9. The first-order valence-electron chi connectivity index (χ1n) is 12.9. The third-order valence-electron chi connectivity index (χ3n) is 7.29. The number of carbonyl (C=O) groups is 1. The minimum Gasteiger partial charge on any atom is -0.497 e. The van der Waals surface area contributed by atoms with E-state index in [0.29, 0.717) is 34.8 Å². The Morgan fingerprint density at radius 2 is 1.36 bits per heavy atom. The predicted octanol–water partition coefficient (Wildman–Crippen LogP) is 8.20. The van der Waals surface area contributed by atoms with Crippen molar-refractivity contribution in [3.8, 4) is 22.6 Å². The molecule has 1 amide bonds. The molecule has 1 atom stereocenters. The normalized spacial score (nSPS) is 15.2. The summed E-state index contributed by atoms with van der Waals surface area (Å²) in [5, 5.41) is 0. The van der Waals surface area contributed by atoms with Crippen LogP contribution in [0.5, 0.6) is 11.5 Å². The molecule has 1 unspecified atom stereocenters. The minimum absolute atomic E-state index is 0.0113. The van der Waals surface area contributed by atoms with Crippen molar-refractivity contribution in [1.82, 2.24) is 4.90 Å². The third-order valence-corrected chi connectivity index (χ3v) is 7.29. The van der Waals surface area contributed by atoms with Gasteiger partial charge in [-0.2, -0.15) is 26.3 Å². The summed E-state index contributed by atoms with van der Waals surface area (Å²) in [5.74, 6) is -0.0810. The van der Waals surface area contributed by atoms with Crippen molar-refractivity contribution >= 4 is 5.91 Å². The number of methoxy groups -OCH3 is 2. The molecule has 0 fully saturated rings. The minimum atomic E-state index is -5.09. The van der Waals surface area contributed by atoms with Gasteiger partial charge in [-0.1, -0.05) is 54.6 Å². The highest BCUT2D eigenvalue weighted by atomic mass is 19.4. The number of nitrogens with zero attached hydrogens (tertiary/aromatic N) is 1. The maximum atomic E-state index is 13.9. The van der Waals surface area contributed by atoms with E-state index in [9.17, 15) is 31.1 Å². The second-order valence-electron chi connectivity index (χ2n) is 9.84. The van der Waals surface area contributed by atoms with Crippen LogP contribution in [-0.4, -0.2) is 31.6 Å². The average Bonchev–Trinajstić information content (AvgIpc) is 2.99. The average molecular weight is 586 g/mol. The lowest BCUT2D eigenvalue weighted by Gasteiger charge is -2.39. The number of amides is 1. The Morgan fingerprint density at radius 3 is 1.90 bits per heavy atom. The van der Waals surface area contributed by atoms with Crippen LogP contribution in [0.25, 0.3) is 11.1 Å². The van der Waals surface area contributed by atoms with Gasteiger partial charge in [0.15, 0.2) is 0 Å². The number of carbonyl (C=O) groups excluding carboxylic acids is 1. The van der Waals surface area contributed by atoms with Crippen molar-refractivity contribution < 1.29 is 40.6 Å². The zero-order valence-corrected chi connectivity index (χ0v) is 22.5. The van der Waals surface area contributed by atoms with Gasteiger partial charge in [-0.15, -0.1) is 0 Å². The van der Waals surface area contributed by atoms with Crippen molar-refractivity contribution in [2.75, 3.05) is 20.8 Å². The summed E-state index contributed by atoms with van der Waals surface area (Å²) in [4.78, 5) is 15.2. The Kier molecular flexibility index (Phi) is 7.66. The van der Waals surface area contributed by atoms with Crippen molar-refractivity contribution in [1.29, 1.82) is 0 Å².